The van der Waals surface area contributed by atoms with Gasteiger partial charge in [-0.25, -0.2) is 12.8 Å². The number of hydrogen-bond donors (Lipinski definition) is 1. The topological polar surface area (TPSA) is 86.8 Å². The molecule has 2 atom stereocenters. The second-order valence-corrected chi connectivity index (χ2v) is 10.6. The number of sulfonamides is 1. The van der Waals surface area contributed by atoms with E-state index >= 15 is 0 Å². The van der Waals surface area contributed by atoms with Gasteiger partial charge < -0.3 is 10.2 Å². The average Bonchev–Trinajstić information content (AvgIpc) is 2.77. The molecule has 2 rings (SSSR count). The van der Waals surface area contributed by atoms with E-state index in [1.54, 1.807) is 26.0 Å². The van der Waals surface area contributed by atoms with Crippen molar-refractivity contribution < 1.29 is 22.4 Å². The zero-order chi connectivity index (χ0) is 25.6. The summed E-state index contributed by atoms with van der Waals surface area (Å²) in [5, 5.41) is 2.87. The van der Waals surface area contributed by atoms with Crippen LogP contribution in [0.2, 0.25) is 0 Å². The average molecular weight is 492 g/mol. The maximum Gasteiger partial charge on any atom is 0.244 e. The summed E-state index contributed by atoms with van der Waals surface area (Å²) in [6.45, 7) is 8.57. The van der Waals surface area contributed by atoms with Crippen LogP contribution in [0.25, 0.3) is 0 Å². The fourth-order valence-electron chi connectivity index (χ4n) is 3.42. The minimum absolute atomic E-state index is 0.0264. The van der Waals surface area contributed by atoms with Crippen LogP contribution in [0.3, 0.4) is 0 Å². The molecule has 0 saturated carbocycles. The van der Waals surface area contributed by atoms with Crippen molar-refractivity contribution >= 4 is 27.5 Å². The SMILES string of the molecule is CC[C@@H](C)NC(=O)[C@@H](C)N(Cc1ccc(F)cc1)C(=O)CN(c1cc(C)ccc1C)S(C)(=O)=O. The van der Waals surface area contributed by atoms with Gasteiger partial charge in [0.1, 0.15) is 18.4 Å². The number of amides is 2. The third kappa shape index (κ3) is 7.28. The third-order valence-corrected chi connectivity index (χ3v) is 6.87. The lowest BCUT2D eigenvalue weighted by Crippen LogP contribution is -2.52. The predicted octanol–water partition coefficient (Wildman–Crippen LogP) is 3.54. The van der Waals surface area contributed by atoms with E-state index in [2.05, 4.69) is 5.32 Å². The van der Waals surface area contributed by atoms with E-state index in [-0.39, 0.29) is 18.5 Å². The lowest BCUT2D eigenvalue weighted by Gasteiger charge is -2.32. The van der Waals surface area contributed by atoms with Gasteiger partial charge in [0, 0.05) is 12.6 Å². The van der Waals surface area contributed by atoms with Gasteiger partial charge in [-0.3, -0.25) is 13.9 Å². The van der Waals surface area contributed by atoms with Gasteiger partial charge in [-0.1, -0.05) is 31.2 Å². The van der Waals surface area contributed by atoms with Crippen LogP contribution in [0.5, 0.6) is 0 Å². The van der Waals surface area contributed by atoms with Crippen LogP contribution in [0, 0.1) is 19.7 Å². The van der Waals surface area contributed by atoms with Crippen molar-refractivity contribution in [3.05, 3.63) is 65.0 Å². The fourth-order valence-corrected chi connectivity index (χ4v) is 4.32. The fraction of sp³-hybridized carbons (Fsp3) is 0.440. The van der Waals surface area contributed by atoms with E-state index < -0.39 is 34.3 Å². The van der Waals surface area contributed by atoms with Crippen LogP contribution in [0.4, 0.5) is 10.1 Å². The van der Waals surface area contributed by atoms with E-state index in [9.17, 15) is 22.4 Å². The largest absolute Gasteiger partial charge is 0.352 e. The Kier molecular flexibility index (Phi) is 9.21. The summed E-state index contributed by atoms with van der Waals surface area (Å²) in [5.74, 6) is -1.30. The Morgan fingerprint density at radius 3 is 2.24 bits per heavy atom. The number of hydrogen-bond acceptors (Lipinski definition) is 4. The van der Waals surface area contributed by atoms with Crippen LogP contribution in [0.1, 0.15) is 43.9 Å². The lowest BCUT2D eigenvalue weighted by molar-refractivity contribution is -0.139. The molecule has 186 valence electrons. The number of carbonyl (C=O) groups excluding carboxylic acids is 2. The molecule has 0 heterocycles. The molecule has 7 nitrogen and oxygen atoms in total. The quantitative estimate of drug-likeness (QED) is 0.551. The summed E-state index contributed by atoms with van der Waals surface area (Å²) in [6.07, 6.45) is 1.77. The maximum absolute atomic E-state index is 13.5. The van der Waals surface area contributed by atoms with E-state index in [4.69, 9.17) is 0 Å². The summed E-state index contributed by atoms with van der Waals surface area (Å²) in [5.41, 5.74) is 2.59. The van der Waals surface area contributed by atoms with E-state index in [0.717, 1.165) is 22.5 Å². The number of carbonyl (C=O) groups is 2. The second-order valence-electron chi connectivity index (χ2n) is 8.70. The summed E-state index contributed by atoms with van der Waals surface area (Å²) in [7, 11) is -3.80. The molecule has 0 saturated heterocycles. The molecule has 2 aromatic carbocycles. The van der Waals surface area contributed by atoms with Crippen LogP contribution in [-0.4, -0.2) is 50.0 Å². The van der Waals surface area contributed by atoms with Crippen molar-refractivity contribution in [1.29, 1.82) is 0 Å². The van der Waals surface area contributed by atoms with Crippen LogP contribution < -0.4 is 9.62 Å². The molecule has 0 aliphatic carbocycles. The normalized spacial score (nSPS) is 13.1. The van der Waals surface area contributed by atoms with Gasteiger partial charge in [-0.05, 0) is 69.0 Å². The van der Waals surface area contributed by atoms with Gasteiger partial charge >= 0.3 is 0 Å². The number of aryl methyl sites for hydroxylation is 2. The summed E-state index contributed by atoms with van der Waals surface area (Å²) < 4.78 is 39.8. The van der Waals surface area contributed by atoms with Crippen molar-refractivity contribution in [3.8, 4) is 0 Å². The van der Waals surface area contributed by atoms with Crippen LogP contribution >= 0.6 is 0 Å². The standard InChI is InChI=1S/C25H34FN3O4S/c1-7-19(4)27-25(31)20(5)28(15-21-10-12-22(26)13-11-21)24(30)16-29(34(6,32)33)23-14-17(2)8-9-18(23)3/h8-14,19-20H,7,15-16H2,1-6H3,(H,27,31)/t19-,20-/m1/s1. The number of nitrogens with zero attached hydrogens (tertiary/aromatic N) is 2. The minimum atomic E-state index is -3.80. The minimum Gasteiger partial charge on any atom is -0.352 e. The van der Waals surface area contributed by atoms with Crippen LogP contribution in [0.15, 0.2) is 42.5 Å². The Hall–Kier alpha value is -2.94. The van der Waals surface area contributed by atoms with Crippen molar-refractivity contribution in [1.82, 2.24) is 10.2 Å². The van der Waals surface area contributed by atoms with Gasteiger partial charge in [0.15, 0.2) is 0 Å². The number of benzene rings is 2. The van der Waals surface area contributed by atoms with E-state index in [0.29, 0.717) is 16.8 Å². The summed E-state index contributed by atoms with van der Waals surface area (Å²) in [4.78, 5) is 27.7. The Labute approximate surface area is 202 Å². The van der Waals surface area contributed by atoms with Gasteiger partial charge in [0.25, 0.3) is 0 Å². The molecule has 0 fully saturated rings. The van der Waals surface area contributed by atoms with Crippen molar-refractivity contribution in [2.45, 2.75) is 59.7 Å². The van der Waals surface area contributed by atoms with Crippen molar-refractivity contribution in [3.63, 3.8) is 0 Å². The molecule has 2 amide bonds. The van der Waals surface area contributed by atoms with E-state index in [1.807, 2.05) is 26.8 Å². The highest BCUT2D eigenvalue weighted by Gasteiger charge is 2.31. The van der Waals surface area contributed by atoms with Gasteiger partial charge in [0.05, 0.1) is 11.9 Å². The van der Waals surface area contributed by atoms with Gasteiger partial charge in [0.2, 0.25) is 21.8 Å². The van der Waals surface area contributed by atoms with Gasteiger partial charge in [-0.15, -0.1) is 0 Å². The summed E-state index contributed by atoms with van der Waals surface area (Å²) >= 11 is 0. The first-order chi connectivity index (χ1) is 15.8. The highest BCUT2D eigenvalue weighted by Crippen LogP contribution is 2.24. The molecule has 0 aliphatic heterocycles. The maximum atomic E-state index is 13.5. The predicted molar refractivity (Wildman–Crippen MR) is 132 cm³/mol. The molecule has 0 spiro atoms. The molecule has 0 aliphatic rings. The Balaban J connectivity index is 2.42. The molecule has 34 heavy (non-hydrogen) atoms. The van der Waals surface area contributed by atoms with Crippen LogP contribution in [-0.2, 0) is 26.2 Å². The highest BCUT2D eigenvalue weighted by atomic mass is 32.2. The number of nitrogens with one attached hydrogen (secondary N) is 1. The zero-order valence-electron chi connectivity index (χ0n) is 20.6. The molecular formula is C25H34FN3O4S. The highest BCUT2D eigenvalue weighted by molar-refractivity contribution is 7.92. The molecule has 0 bridgehead atoms. The Morgan fingerprint density at radius 2 is 1.68 bits per heavy atom. The first-order valence-corrected chi connectivity index (χ1v) is 13.1. The van der Waals surface area contributed by atoms with Crippen molar-refractivity contribution in [2.24, 2.45) is 0 Å². The number of rotatable bonds is 10. The smallest absolute Gasteiger partial charge is 0.244 e. The Morgan fingerprint density at radius 1 is 1.06 bits per heavy atom. The van der Waals surface area contributed by atoms with Crippen molar-refractivity contribution in [2.75, 3.05) is 17.1 Å². The number of halogens is 1. The first-order valence-electron chi connectivity index (χ1n) is 11.2. The monoisotopic (exact) mass is 491 g/mol. The van der Waals surface area contributed by atoms with Gasteiger partial charge in [-0.2, -0.15) is 0 Å². The molecule has 0 radical (unpaired) electrons. The molecular weight excluding hydrogens is 457 g/mol. The summed E-state index contributed by atoms with van der Waals surface area (Å²) in [6, 6.07) is 10.1. The van der Waals surface area contributed by atoms with E-state index in [1.165, 1.54) is 29.2 Å². The molecule has 2 aromatic rings. The molecule has 0 aromatic heterocycles. The zero-order valence-corrected chi connectivity index (χ0v) is 21.4. The Bertz CT molecular complexity index is 1120. The third-order valence-electron chi connectivity index (χ3n) is 5.75. The second kappa shape index (κ2) is 11.5. The first kappa shape index (κ1) is 27.3. The molecule has 9 heteroatoms. The molecule has 0 unspecified atom stereocenters. The number of anilines is 1. The molecule has 1 N–H and O–H groups in total. The lowest BCUT2D eigenvalue weighted by atomic mass is 10.1.